The summed E-state index contributed by atoms with van der Waals surface area (Å²) in [5.41, 5.74) is 5.60. The molecule has 0 aromatic rings. The molecule has 0 saturated carbocycles. The number of carbonyl (C=O) groups excluding carboxylic acids is 1. The van der Waals surface area contributed by atoms with Gasteiger partial charge in [-0.1, -0.05) is 0 Å². The molecule has 0 bridgehead atoms. The highest BCUT2D eigenvalue weighted by Gasteiger charge is 2.29. The highest BCUT2D eigenvalue weighted by Crippen LogP contribution is 2.18. The van der Waals surface area contributed by atoms with Gasteiger partial charge in [-0.15, -0.1) is 12.4 Å². The fraction of sp³-hybridized carbons (Fsp3) is 0.923. The minimum absolute atomic E-state index is 0. The molecule has 1 amide bonds. The molecular weight excluding hydrogens is 266 g/mol. The van der Waals surface area contributed by atoms with Gasteiger partial charge in [0, 0.05) is 31.8 Å². The number of piperidine rings is 1. The van der Waals surface area contributed by atoms with E-state index < -0.39 is 0 Å². The minimum atomic E-state index is -0.180. The Kier molecular flexibility index (Phi) is 7.89. The van der Waals surface area contributed by atoms with E-state index in [1.54, 1.807) is 7.11 Å². The number of hydrogen-bond donors (Lipinski definition) is 2. The van der Waals surface area contributed by atoms with Gasteiger partial charge in [0.05, 0.1) is 12.6 Å². The van der Waals surface area contributed by atoms with Crippen LogP contribution < -0.4 is 11.1 Å². The lowest BCUT2D eigenvalue weighted by atomic mass is 9.99. The van der Waals surface area contributed by atoms with Crippen molar-refractivity contribution in [2.24, 2.45) is 5.73 Å². The van der Waals surface area contributed by atoms with Crippen LogP contribution in [0.4, 0.5) is 0 Å². The molecule has 1 saturated heterocycles. The van der Waals surface area contributed by atoms with Gasteiger partial charge in [-0.05, 0) is 33.6 Å². The molecule has 1 heterocycles. The maximum absolute atomic E-state index is 11.9. The van der Waals surface area contributed by atoms with E-state index in [1.165, 1.54) is 0 Å². The molecule has 5 nitrogen and oxygen atoms in total. The van der Waals surface area contributed by atoms with Gasteiger partial charge in [0.15, 0.2) is 0 Å². The predicted molar refractivity (Wildman–Crippen MR) is 79.6 cm³/mol. The van der Waals surface area contributed by atoms with Crippen molar-refractivity contribution in [2.45, 2.75) is 51.3 Å². The second kappa shape index (κ2) is 8.04. The molecule has 0 aromatic heterocycles. The van der Waals surface area contributed by atoms with Gasteiger partial charge >= 0.3 is 0 Å². The number of hydrogen-bond acceptors (Lipinski definition) is 4. The maximum atomic E-state index is 11.9. The third kappa shape index (κ3) is 6.56. The largest absolute Gasteiger partial charge is 0.381 e. The highest BCUT2D eigenvalue weighted by molar-refractivity contribution is 5.85. The Morgan fingerprint density at radius 1 is 1.47 bits per heavy atom. The third-order valence-corrected chi connectivity index (χ3v) is 3.26. The monoisotopic (exact) mass is 293 g/mol. The van der Waals surface area contributed by atoms with Crippen LogP contribution in [0.5, 0.6) is 0 Å². The first-order valence-electron chi connectivity index (χ1n) is 6.63. The molecule has 0 radical (unpaired) electrons. The predicted octanol–water partition coefficient (Wildman–Crippen LogP) is 0.761. The van der Waals surface area contributed by atoms with Crippen LogP contribution in [0.15, 0.2) is 0 Å². The number of amides is 1. The number of halogens is 1. The summed E-state index contributed by atoms with van der Waals surface area (Å²) in [6.45, 7) is 7.84. The zero-order valence-corrected chi connectivity index (χ0v) is 13.3. The highest BCUT2D eigenvalue weighted by atomic mass is 35.5. The van der Waals surface area contributed by atoms with E-state index >= 15 is 0 Å². The first-order chi connectivity index (χ1) is 8.35. The maximum Gasteiger partial charge on any atom is 0.234 e. The van der Waals surface area contributed by atoms with Gasteiger partial charge in [0.2, 0.25) is 5.91 Å². The van der Waals surface area contributed by atoms with Crippen LogP contribution in [0.3, 0.4) is 0 Å². The second-order valence-corrected chi connectivity index (χ2v) is 6.04. The molecule has 1 aliphatic rings. The summed E-state index contributed by atoms with van der Waals surface area (Å²) in [4.78, 5) is 14.1. The van der Waals surface area contributed by atoms with Gasteiger partial charge < -0.3 is 15.8 Å². The topological polar surface area (TPSA) is 67.6 Å². The number of methoxy groups -OCH3 is 1. The molecular formula is C13H28ClN3O2. The fourth-order valence-electron chi connectivity index (χ4n) is 2.37. The number of carbonyl (C=O) groups is 1. The van der Waals surface area contributed by atoms with Crippen LogP contribution in [0.1, 0.15) is 33.6 Å². The summed E-state index contributed by atoms with van der Waals surface area (Å²) in [5, 5.41) is 2.98. The van der Waals surface area contributed by atoms with Crippen molar-refractivity contribution in [3.05, 3.63) is 0 Å². The Morgan fingerprint density at radius 2 is 2.11 bits per heavy atom. The number of rotatable bonds is 4. The van der Waals surface area contributed by atoms with Gasteiger partial charge in [0.25, 0.3) is 0 Å². The van der Waals surface area contributed by atoms with Crippen molar-refractivity contribution in [1.82, 2.24) is 10.2 Å². The average molecular weight is 294 g/mol. The second-order valence-electron chi connectivity index (χ2n) is 6.04. The van der Waals surface area contributed by atoms with E-state index in [1.807, 2.05) is 20.8 Å². The Hall–Kier alpha value is -0.360. The van der Waals surface area contributed by atoms with E-state index in [-0.39, 0.29) is 36.0 Å². The van der Waals surface area contributed by atoms with Crippen molar-refractivity contribution in [3.8, 4) is 0 Å². The summed E-state index contributed by atoms with van der Waals surface area (Å²) in [5.74, 6) is 0.0665. The smallest absolute Gasteiger partial charge is 0.234 e. The lowest BCUT2D eigenvalue weighted by Gasteiger charge is -2.38. The van der Waals surface area contributed by atoms with E-state index in [4.69, 9.17) is 10.5 Å². The van der Waals surface area contributed by atoms with Crippen molar-refractivity contribution in [2.75, 3.05) is 26.7 Å². The molecule has 2 unspecified atom stereocenters. The fourth-order valence-corrected chi connectivity index (χ4v) is 2.37. The molecule has 1 rings (SSSR count). The van der Waals surface area contributed by atoms with Crippen LogP contribution >= 0.6 is 12.4 Å². The van der Waals surface area contributed by atoms with Crippen LogP contribution in [0, 0.1) is 0 Å². The first-order valence-corrected chi connectivity index (χ1v) is 6.63. The SMILES string of the molecule is COC1CCN(CC(=O)NC(C)(C)C)C(CN)C1.Cl. The summed E-state index contributed by atoms with van der Waals surface area (Å²) in [6.07, 6.45) is 2.16. The van der Waals surface area contributed by atoms with E-state index in [0.717, 1.165) is 19.4 Å². The Morgan fingerprint density at radius 3 is 2.58 bits per heavy atom. The lowest BCUT2D eigenvalue weighted by molar-refractivity contribution is -0.125. The Labute approximate surface area is 122 Å². The van der Waals surface area contributed by atoms with Crippen LogP contribution in [0.25, 0.3) is 0 Å². The van der Waals surface area contributed by atoms with Crippen molar-refractivity contribution in [3.63, 3.8) is 0 Å². The normalized spacial score (nSPS) is 24.7. The first kappa shape index (κ1) is 18.6. The van der Waals surface area contributed by atoms with Gasteiger partial charge in [-0.3, -0.25) is 9.69 Å². The average Bonchev–Trinajstić information content (AvgIpc) is 2.27. The molecule has 0 spiro atoms. The van der Waals surface area contributed by atoms with E-state index in [2.05, 4.69) is 10.2 Å². The van der Waals surface area contributed by atoms with E-state index in [9.17, 15) is 4.79 Å². The molecule has 0 aromatic carbocycles. The van der Waals surface area contributed by atoms with Gasteiger partial charge in [-0.25, -0.2) is 0 Å². The molecule has 6 heteroatoms. The quantitative estimate of drug-likeness (QED) is 0.803. The minimum Gasteiger partial charge on any atom is -0.381 e. The zero-order chi connectivity index (χ0) is 13.8. The Bertz CT molecular complexity index is 282. The summed E-state index contributed by atoms with van der Waals surface area (Å²) >= 11 is 0. The number of likely N-dealkylation sites (tertiary alicyclic amines) is 1. The third-order valence-electron chi connectivity index (χ3n) is 3.26. The van der Waals surface area contributed by atoms with E-state index in [0.29, 0.717) is 13.1 Å². The molecule has 0 aliphatic carbocycles. The number of nitrogens with zero attached hydrogens (tertiary/aromatic N) is 1. The van der Waals surface area contributed by atoms with Crippen molar-refractivity contribution < 1.29 is 9.53 Å². The molecule has 114 valence electrons. The molecule has 2 atom stereocenters. The number of ether oxygens (including phenoxy) is 1. The number of nitrogens with two attached hydrogens (primary N) is 1. The molecule has 1 fully saturated rings. The molecule has 3 N–H and O–H groups in total. The van der Waals surface area contributed by atoms with Crippen LogP contribution in [-0.2, 0) is 9.53 Å². The van der Waals surface area contributed by atoms with Crippen molar-refractivity contribution in [1.29, 1.82) is 0 Å². The summed E-state index contributed by atoms with van der Waals surface area (Å²) in [7, 11) is 1.74. The standard InChI is InChI=1S/C13H27N3O2.ClH/c1-13(2,3)15-12(17)9-16-6-5-11(18-4)7-10(16)8-14;/h10-11H,5-9,14H2,1-4H3,(H,15,17);1H. The van der Waals surface area contributed by atoms with Crippen LogP contribution in [-0.4, -0.2) is 55.2 Å². The number of nitrogens with one attached hydrogen (secondary N) is 1. The Balaban J connectivity index is 0.00000324. The zero-order valence-electron chi connectivity index (χ0n) is 12.4. The summed E-state index contributed by atoms with van der Waals surface area (Å²) in [6, 6.07) is 0.245. The molecule has 19 heavy (non-hydrogen) atoms. The van der Waals surface area contributed by atoms with Gasteiger partial charge in [0.1, 0.15) is 0 Å². The summed E-state index contributed by atoms with van der Waals surface area (Å²) < 4.78 is 5.37. The lowest BCUT2D eigenvalue weighted by Crippen LogP contribution is -2.53. The van der Waals surface area contributed by atoms with Crippen molar-refractivity contribution >= 4 is 18.3 Å². The molecule has 1 aliphatic heterocycles. The van der Waals surface area contributed by atoms with Gasteiger partial charge in [-0.2, -0.15) is 0 Å². The van der Waals surface area contributed by atoms with Crippen LogP contribution in [0.2, 0.25) is 0 Å².